The molecule has 22 heavy (non-hydrogen) atoms. The Kier molecular flexibility index (Phi) is 4.12. The minimum absolute atomic E-state index is 0.0313. The highest BCUT2D eigenvalue weighted by Gasteiger charge is 2.24. The topological polar surface area (TPSA) is 107 Å². The van der Waals surface area contributed by atoms with Crippen LogP contribution in [-0.4, -0.2) is 16.3 Å². The fourth-order valence-corrected chi connectivity index (χ4v) is 2.01. The summed E-state index contributed by atoms with van der Waals surface area (Å²) in [5, 5.41) is 21.9. The standard InChI is InChI=1S/C14H11N3O5/c1-10-3-2-4-11(7-10)15(9-18)13-6-5-12(16(19)20)8-14(13)17(21)22/h2-9H,1H3. The van der Waals surface area contributed by atoms with Crippen LogP contribution in [0, 0.1) is 27.2 Å². The molecule has 0 fully saturated rings. The third-order valence-corrected chi connectivity index (χ3v) is 3.01. The maximum atomic E-state index is 11.4. The minimum atomic E-state index is -0.755. The van der Waals surface area contributed by atoms with Gasteiger partial charge in [-0.3, -0.25) is 29.9 Å². The Labute approximate surface area is 124 Å². The van der Waals surface area contributed by atoms with Crippen molar-refractivity contribution in [3.8, 4) is 0 Å². The SMILES string of the molecule is Cc1cccc(N(C=O)c2ccc([N+](=O)[O-])cc2[N+](=O)[O-])c1. The predicted molar refractivity (Wildman–Crippen MR) is 79.1 cm³/mol. The van der Waals surface area contributed by atoms with E-state index in [1.165, 1.54) is 6.07 Å². The molecule has 0 radical (unpaired) electrons. The lowest BCUT2D eigenvalue weighted by Gasteiger charge is -2.17. The van der Waals surface area contributed by atoms with E-state index in [0.29, 0.717) is 12.1 Å². The maximum Gasteiger partial charge on any atom is 0.300 e. The Morgan fingerprint density at radius 2 is 1.77 bits per heavy atom. The molecule has 0 saturated heterocycles. The Hall–Kier alpha value is -3.29. The quantitative estimate of drug-likeness (QED) is 0.479. The number of amides is 1. The number of nitro benzene ring substituents is 2. The van der Waals surface area contributed by atoms with Gasteiger partial charge in [-0.15, -0.1) is 0 Å². The van der Waals surface area contributed by atoms with E-state index in [-0.39, 0.29) is 5.69 Å². The molecule has 2 aromatic rings. The number of hydrogen-bond acceptors (Lipinski definition) is 5. The molecular formula is C14H11N3O5. The van der Waals surface area contributed by atoms with E-state index in [1.54, 1.807) is 18.2 Å². The van der Waals surface area contributed by atoms with Crippen LogP contribution in [-0.2, 0) is 4.79 Å². The van der Waals surface area contributed by atoms with Crippen molar-refractivity contribution >= 4 is 29.2 Å². The summed E-state index contributed by atoms with van der Waals surface area (Å²) in [6.45, 7) is 1.82. The van der Waals surface area contributed by atoms with Crippen molar-refractivity contribution in [1.82, 2.24) is 0 Å². The number of nitro groups is 2. The number of anilines is 2. The van der Waals surface area contributed by atoms with Gasteiger partial charge in [0, 0.05) is 11.8 Å². The van der Waals surface area contributed by atoms with Gasteiger partial charge in [-0.25, -0.2) is 0 Å². The largest absolute Gasteiger partial charge is 0.300 e. The zero-order valence-electron chi connectivity index (χ0n) is 11.5. The summed E-state index contributed by atoms with van der Waals surface area (Å²) in [7, 11) is 0. The van der Waals surface area contributed by atoms with Gasteiger partial charge in [0.15, 0.2) is 0 Å². The molecule has 2 aromatic carbocycles. The first kappa shape index (κ1) is 15.1. The molecule has 0 aliphatic heterocycles. The molecule has 8 nitrogen and oxygen atoms in total. The van der Waals surface area contributed by atoms with Gasteiger partial charge in [-0.2, -0.15) is 0 Å². The third-order valence-electron chi connectivity index (χ3n) is 3.01. The van der Waals surface area contributed by atoms with E-state index >= 15 is 0 Å². The van der Waals surface area contributed by atoms with Gasteiger partial charge in [-0.05, 0) is 30.7 Å². The average Bonchev–Trinajstić information content (AvgIpc) is 2.48. The van der Waals surface area contributed by atoms with Crippen LogP contribution in [0.2, 0.25) is 0 Å². The molecule has 0 aliphatic carbocycles. The van der Waals surface area contributed by atoms with E-state index < -0.39 is 21.2 Å². The van der Waals surface area contributed by atoms with E-state index in [1.807, 2.05) is 13.0 Å². The first-order chi connectivity index (χ1) is 10.4. The Balaban J connectivity index is 2.60. The molecule has 8 heteroatoms. The summed E-state index contributed by atoms with van der Waals surface area (Å²) in [5.74, 6) is 0. The van der Waals surface area contributed by atoms with Crippen LogP contribution >= 0.6 is 0 Å². The van der Waals surface area contributed by atoms with Crippen molar-refractivity contribution in [2.75, 3.05) is 4.90 Å². The fraction of sp³-hybridized carbons (Fsp3) is 0.0714. The van der Waals surface area contributed by atoms with Crippen molar-refractivity contribution in [1.29, 1.82) is 0 Å². The fourth-order valence-electron chi connectivity index (χ4n) is 2.01. The second kappa shape index (κ2) is 6.00. The molecule has 0 aromatic heterocycles. The van der Waals surface area contributed by atoms with Crippen LogP contribution in [0.15, 0.2) is 42.5 Å². The molecule has 0 heterocycles. The van der Waals surface area contributed by atoms with Crippen LogP contribution in [0.25, 0.3) is 0 Å². The van der Waals surface area contributed by atoms with E-state index in [0.717, 1.165) is 22.6 Å². The van der Waals surface area contributed by atoms with Crippen molar-refractivity contribution in [3.63, 3.8) is 0 Å². The van der Waals surface area contributed by atoms with Crippen molar-refractivity contribution in [2.45, 2.75) is 6.92 Å². The van der Waals surface area contributed by atoms with Gasteiger partial charge >= 0.3 is 0 Å². The number of rotatable bonds is 5. The van der Waals surface area contributed by atoms with Crippen LogP contribution in [0.5, 0.6) is 0 Å². The summed E-state index contributed by atoms with van der Waals surface area (Å²) >= 11 is 0. The monoisotopic (exact) mass is 301 g/mol. The molecule has 0 aliphatic rings. The molecule has 112 valence electrons. The second-order valence-electron chi connectivity index (χ2n) is 4.50. The Bertz CT molecular complexity index is 760. The number of hydrogen-bond donors (Lipinski definition) is 0. The predicted octanol–water partition coefficient (Wildman–Crippen LogP) is 3.11. The van der Waals surface area contributed by atoms with Crippen molar-refractivity contribution in [2.24, 2.45) is 0 Å². The average molecular weight is 301 g/mol. The molecule has 0 N–H and O–H groups in total. The highest BCUT2D eigenvalue weighted by atomic mass is 16.6. The maximum absolute atomic E-state index is 11.4. The molecule has 0 atom stereocenters. The van der Waals surface area contributed by atoms with E-state index in [2.05, 4.69) is 0 Å². The molecule has 0 bridgehead atoms. The van der Waals surface area contributed by atoms with Gasteiger partial charge in [-0.1, -0.05) is 12.1 Å². The van der Waals surface area contributed by atoms with Gasteiger partial charge in [0.2, 0.25) is 6.41 Å². The first-order valence-electron chi connectivity index (χ1n) is 6.18. The molecule has 0 saturated carbocycles. The van der Waals surface area contributed by atoms with Crippen molar-refractivity contribution in [3.05, 3.63) is 68.3 Å². The normalized spacial score (nSPS) is 10.0. The zero-order chi connectivity index (χ0) is 16.3. The lowest BCUT2D eigenvalue weighted by atomic mass is 10.1. The number of carbonyl (C=O) groups excluding carboxylic acids is 1. The van der Waals surface area contributed by atoms with Gasteiger partial charge in [0.1, 0.15) is 5.69 Å². The van der Waals surface area contributed by atoms with Crippen molar-refractivity contribution < 1.29 is 14.6 Å². The van der Waals surface area contributed by atoms with Crippen LogP contribution in [0.3, 0.4) is 0 Å². The minimum Gasteiger partial charge on any atom is -0.278 e. The number of aryl methyl sites for hydroxylation is 1. The highest BCUT2D eigenvalue weighted by Crippen LogP contribution is 2.35. The first-order valence-corrected chi connectivity index (χ1v) is 6.18. The number of nitrogens with zero attached hydrogens (tertiary/aromatic N) is 3. The number of non-ortho nitro benzene ring substituents is 1. The summed E-state index contributed by atoms with van der Waals surface area (Å²) in [5.41, 5.74) is 0.352. The summed E-state index contributed by atoms with van der Waals surface area (Å²) < 4.78 is 0. The molecule has 0 unspecified atom stereocenters. The Morgan fingerprint density at radius 1 is 1.05 bits per heavy atom. The van der Waals surface area contributed by atoms with Crippen LogP contribution < -0.4 is 4.90 Å². The smallest absolute Gasteiger partial charge is 0.278 e. The van der Waals surface area contributed by atoms with Crippen LogP contribution in [0.1, 0.15) is 5.56 Å². The summed E-state index contributed by atoms with van der Waals surface area (Å²) in [6, 6.07) is 9.96. The third kappa shape index (κ3) is 2.90. The van der Waals surface area contributed by atoms with Gasteiger partial charge in [0.05, 0.1) is 15.9 Å². The van der Waals surface area contributed by atoms with Gasteiger partial charge in [0.25, 0.3) is 11.4 Å². The van der Waals surface area contributed by atoms with Crippen LogP contribution in [0.4, 0.5) is 22.7 Å². The molecule has 1 amide bonds. The molecule has 0 spiro atoms. The molecular weight excluding hydrogens is 290 g/mol. The lowest BCUT2D eigenvalue weighted by molar-refractivity contribution is -0.393. The molecule has 2 rings (SSSR count). The summed E-state index contributed by atoms with van der Waals surface area (Å²) in [4.78, 5) is 32.9. The van der Waals surface area contributed by atoms with E-state index in [9.17, 15) is 25.0 Å². The number of benzene rings is 2. The van der Waals surface area contributed by atoms with E-state index in [4.69, 9.17) is 0 Å². The Morgan fingerprint density at radius 3 is 2.32 bits per heavy atom. The lowest BCUT2D eigenvalue weighted by Crippen LogP contribution is -2.15. The second-order valence-corrected chi connectivity index (χ2v) is 4.50. The van der Waals surface area contributed by atoms with Gasteiger partial charge < -0.3 is 0 Å². The number of carbonyl (C=O) groups is 1. The summed E-state index contributed by atoms with van der Waals surface area (Å²) in [6.07, 6.45) is 0.433. The zero-order valence-corrected chi connectivity index (χ0v) is 11.5. The highest BCUT2D eigenvalue weighted by molar-refractivity contribution is 5.90.